The van der Waals surface area contributed by atoms with E-state index in [-0.39, 0.29) is 11.6 Å². The number of carbonyl (C=O) groups is 3. The fourth-order valence-electron chi connectivity index (χ4n) is 2.64. The molecule has 0 aliphatic heterocycles. The summed E-state index contributed by atoms with van der Waals surface area (Å²) in [6.07, 6.45) is 5.17. The van der Waals surface area contributed by atoms with E-state index < -0.39 is 24.5 Å². The van der Waals surface area contributed by atoms with E-state index in [0.717, 1.165) is 25.7 Å². The highest BCUT2D eigenvalue weighted by atomic mass is 79.9. The molecule has 0 atom stereocenters. The average Bonchev–Trinajstić information content (AvgIpc) is 2.60. The van der Waals surface area contributed by atoms with Crippen molar-refractivity contribution in [2.45, 2.75) is 38.1 Å². The number of urea groups is 1. The Morgan fingerprint density at radius 3 is 2.56 bits per heavy atom. The Morgan fingerprint density at radius 1 is 1.20 bits per heavy atom. The van der Waals surface area contributed by atoms with Gasteiger partial charge in [0.25, 0.3) is 5.91 Å². The van der Waals surface area contributed by atoms with Gasteiger partial charge in [0.2, 0.25) is 0 Å². The van der Waals surface area contributed by atoms with Crippen molar-refractivity contribution in [2.24, 2.45) is 0 Å². The van der Waals surface area contributed by atoms with Crippen LogP contribution in [0.4, 0.5) is 4.79 Å². The smallest absolute Gasteiger partial charge is 0.338 e. The summed E-state index contributed by atoms with van der Waals surface area (Å²) < 4.78 is 10.6. The molecule has 1 aliphatic rings. The summed E-state index contributed by atoms with van der Waals surface area (Å²) in [7, 11) is 1.51. The summed E-state index contributed by atoms with van der Waals surface area (Å²) in [5.74, 6) is -0.755. The number of rotatable bonds is 5. The van der Waals surface area contributed by atoms with Crippen molar-refractivity contribution in [3.63, 3.8) is 0 Å². The number of imide groups is 1. The summed E-state index contributed by atoms with van der Waals surface area (Å²) >= 11 is 3.27. The molecular weight excluding hydrogens is 392 g/mol. The molecule has 0 radical (unpaired) electrons. The quantitative estimate of drug-likeness (QED) is 0.725. The van der Waals surface area contributed by atoms with Crippen LogP contribution in [0.5, 0.6) is 5.75 Å². The number of methoxy groups -OCH3 is 1. The third-order valence-corrected chi connectivity index (χ3v) is 4.53. The van der Waals surface area contributed by atoms with Gasteiger partial charge in [-0.15, -0.1) is 0 Å². The van der Waals surface area contributed by atoms with Crippen LogP contribution in [0, 0.1) is 0 Å². The summed E-state index contributed by atoms with van der Waals surface area (Å²) in [5, 5.41) is 4.93. The molecule has 1 aliphatic carbocycles. The predicted octanol–water partition coefficient (Wildman–Crippen LogP) is 2.77. The molecule has 0 unspecified atom stereocenters. The standard InChI is InChI=1S/C17H21BrN2O5/c1-24-14-8-7-11(9-13(14)18)16(22)25-10-15(21)20-17(23)19-12-5-3-2-4-6-12/h7-9,12H,2-6,10H2,1H3,(H2,19,20,21,23). The lowest BCUT2D eigenvalue weighted by molar-refractivity contribution is -0.123. The van der Waals surface area contributed by atoms with Crippen molar-refractivity contribution in [3.05, 3.63) is 28.2 Å². The molecule has 0 saturated heterocycles. The van der Waals surface area contributed by atoms with Crippen LogP contribution >= 0.6 is 15.9 Å². The van der Waals surface area contributed by atoms with Crippen LogP contribution in [0.25, 0.3) is 0 Å². The Balaban J connectivity index is 1.76. The first-order valence-electron chi connectivity index (χ1n) is 8.10. The van der Waals surface area contributed by atoms with Crippen molar-refractivity contribution in [1.82, 2.24) is 10.6 Å². The van der Waals surface area contributed by atoms with Crippen molar-refractivity contribution >= 4 is 33.8 Å². The number of nitrogens with one attached hydrogen (secondary N) is 2. The Hall–Kier alpha value is -2.09. The van der Waals surface area contributed by atoms with Crippen molar-refractivity contribution in [2.75, 3.05) is 13.7 Å². The van der Waals surface area contributed by atoms with Crippen LogP contribution in [-0.4, -0.2) is 37.7 Å². The molecule has 0 spiro atoms. The minimum absolute atomic E-state index is 0.0979. The number of benzene rings is 1. The van der Waals surface area contributed by atoms with Crippen LogP contribution in [0.1, 0.15) is 42.5 Å². The van der Waals surface area contributed by atoms with E-state index >= 15 is 0 Å². The van der Waals surface area contributed by atoms with Gasteiger partial charge in [-0.05, 0) is 47.0 Å². The Kier molecular flexibility index (Phi) is 7.24. The molecule has 7 nitrogen and oxygen atoms in total. The maximum absolute atomic E-state index is 11.9. The van der Waals surface area contributed by atoms with Gasteiger partial charge in [-0.3, -0.25) is 10.1 Å². The first-order chi connectivity index (χ1) is 12.0. The van der Waals surface area contributed by atoms with Gasteiger partial charge in [-0.25, -0.2) is 9.59 Å². The molecule has 0 bridgehead atoms. The van der Waals surface area contributed by atoms with Crippen LogP contribution in [0.2, 0.25) is 0 Å². The van der Waals surface area contributed by atoms with Gasteiger partial charge >= 0.3 is 12.0 Å². The number of amides is 3. The lowest BCUT2D eigenvalue weighted by Gasteiger charge is -2.22. The number of hydrogen-bond acceptors (Lipinski definition) is 5. The van der Waals surface area contributed by atoms with Gasteiger partial charge in [0.1, 0.15) is 5.75 Å². The third kappa shape index (κ3) is 6.04. The van der Waals surface area contributed by atoms with Crippen molar-refractivity contribution < 1.29 is 23.9 Å². The number of carbonyl (C=O) groups excluding carboxylic acids is 3. The molecule has 3 amide bonds. The normalized spacial score (nSPS) is 14.5. The fourth-order valence-corrected chi connectivity index (χ4v) is 3.18. The molecule has 1 saturated carbocycles. The largest absolute Gasteiger partial charge is 0.496 e. The molecular formula is C17H21BrN2O5. The first-order valence-corrected chi connectivity index (χ1v) is 8.90. The Morgan fingerprint density at radius 2 is 1.92 bits per heavy atom. The topological polar surface area (TPSA) is 93.7 Å². The predicted molar refractivity (Wildman–Crippen MR) is 94.5 cm³/mol. The second-order valence-corrected chi connectivity index (χ2v) is 6.64. The zero-order chi connectivity index (χ0) is 18.2. The van der Waals surface area contributed by atoms with Gasteiger partial charge in [-0.1, -0.05) is 19.3 Å². The summed E-state index contributed by atoms with van der Waals surface area (Å²) in [6, 6.07) is 4.22. The monoisotopic (exact) mass is 412 g/mol. The lowest BCUT2D eigenvalue weighted by Crippen LogP contribution is -2.46. The fraction of sp³-hybridized carbons (Fsp3) is 0.471. The maximum atomic E-state index is 11.9. The van der Waals surface area contributed by atoms with E-state index in [1.54, 1.807) is 6.07 Å². The number of hydrogen-bond donors (Lipinski definition) is 2. The summed E-state index contributed by atoms with van der Waals surface area (Å²) in [4.78, 5) is 35.4. The zero-order valence-corrected chi connectivity index (χ0v) is 15.6. The van der Waals surface area contributed by atoms with Crippen LogP contribution < -0.4 is 15.4 Å². The van der Waals surface area contributed by atoms with Gasteiger partial charge in [0.05, 0.1) is 17.1 Å². The van der Waals surface area contributed by atoms with E-state index in [4.69, 9.17) is 9.47 Å². The minimum Gasteiger partial charge on any atom is -0.496 e. The molecule has 0 heterocycles. The molecule has 25 heavy (non-hydrogen) atoms. The van der Waals surface area contributed by atoms with E-state index in [2.05, 4.69) is 26.6 Å². The molecule has 1 fully saturated rings. The van der Waals surface area contributed by atoms with Gasteiger partial charge in [-0.2, -0.15) is 0 Å². The molecule has 8 heteroatoms. The Bertz CT molecular complexity index is 644. The first kappa shape index (κ1) is 19.2. The second-order valence-electron chi connectivity index (χ2n) is 5.78. The van der Waals surface area contributed by atoms with Crippen LogP contribution in [-0.2, 0) is 9.53 Å². The SMILES string of the molecule is COc1ccc(C(=O)OCC(=O)NC(=O)NC2CCCCC2)cc1Br. The van der Waals surface area contributed by atoms with E-state index in [1.165, 1.54) is 25.7 Å². The highest BCUT2D eigenvalue weighted by Gasteiger charge is 2.18. The third-order valence-electron chi connectivity index (χ3n) is 3.92. The van der Waals surface area contributed by atoms with E-state index in [0.29, 0.717) is 10.2 Å². The number of halogens is 1. The van der Waals surface area contributed by atoms with E-state index in [1.807, 2.05) is 0 Å². The van der Waals surface area contributed by atoms with Crippen molar-refractivity contribution in [1.29, 1.82) is 0 Å². The Labute approximate surface area is 154 Å². The molecule has 2 N–H and O–H groups in total. The van der Waals surface area contributed by atoms with Crippen LogP contribution in [0.15, 0.2) is 22.7 Å². The molecule has 1 aromatic carbocycles. The summed E-state index contributed by atoms with van der Waals surface area (Å²) in [6.45, 7) is -0.527. The molecule has 2 rings (SSSR count). The maximum Gasteiger partial charge on any atom is 0.338 e. The van der Waals surface area contributed by atoms with E-state index in [9.17, 15) is 14.4 Å². The molecule has 1 aromatic rings. The highest BCUT2D eigenvalue weighted by molar-refractivity contribution is 9.10. The second kappa shape index (κ2) is 9.41. The van der Waals surface area contributed by atoms with Gasteiger partial charge in [0, 0.05) is 6.04 Å². The lowest BCUT2D eigenvalue weighted by atomic mass is 9.96. The number of esters is 1. The molecule has 136 valence electrons. The van der Waals surface area contributed by atoms with Gasteiger partial charge < -0.3 is 14.8 Å². The molecule has 0 aromatic heterocycles. The van der Waals surface area contributed by atoms with Crippen molar-refractivity contribution in [3.8, 4) is 5.75 Å². The minimum atomic E-state index is -0.672. The van der Waals surface area contributed by atoms with Gasteiger partial charge in [0.15, 0.2) is 6.61 Å². The highest BCUT2D eigenvalue weighted by Crippen LogP contribution is 2.25. The zero-order valence-electron chi connectivity index (χ0n) is 14.0. The number of ether oxygens (including phenoxy) is 2. The summed E-state index contributed by atoms with van der Waals surface area (Å²) in [5.41, 5.74) is 0.270. The van der Waals surface area contributed by atoms with Crippen LogP contribution in [0.3, 0.4) is 0 Å². The average molecular weight is 413 g/mol.